The lowest BCUT2D eigenvalue weighted by molar-refractivity contribution is 0.387. The second kappa shape index (κ2) is 4.51. The van der Waals surface area contributed by atoms with Gasteiger partial charge in [0.2, 0.25) is 0 Å². The first-order valence-corrected chi connectivity index (χ1v) is 6.49. The summed E-state index contributed by atoms with van der Waals surface area (Å²) in [6.07, 6.45) is 0. The van der Waals surface area contributed by atoms with E-state index in [1.165, 1.54) is 24.5 Å². The summed E-state index contributed by atoms with van der Waals surface area (Å²) in [5.74, 6) is -0.159. The first-order chi connectivity index (χ1) is 9.17. The van der Waals surface area contributed by atoms with E-state index in [2.05, 4.69) is 4.98 Å². The molecular formula is C14H11FN2OS. The second-order valence-electron chi connectivity index (χ2n) is 4.10. The Bertz CT molecular complexity index is 754. The molecule has 3 nitrogen and oxygen atoms in total. The molecule has 0 amide bonds. The molecule has 1 aromatic heterocycles. The molecule has 0 unspecified atom stereocenters. The summed E-state index contributed by atoms with van der Waals surface area (Å²) < 4.78 is 19.4. The smallest absolute Gasteiger partial charge is 0.165 e. The minimum absolute atomic E-state index is 0.219. The molecule has 0 spiro atoms. The third-order valence-electron chi connectivity index (χ3n) is 2.81. The highest BCUT2D eigenvalue weighted by molar-refractivity contribution is 7.21. The summed E-state index contributed by atoms with van der Waals surface area (Å²) in [7, 11) is 1.45. The fourth-order valence-corrected chi connectivity index (χ4v) is 2.87. The van der Waals surface area contributed by atoms with Crippen LogP contribution >= 0.6 is 11.3 Å². The molecule has 3 rings (SSSR count). The van der Waals surface area contributed by atoms with Crippen LogP contribution in [0.3, 0.4) is 0 Å². The number of hydrogen-bond acceptors (Lipinski definition) is 4. The zero-order valence-electron chi connectivity index (χ0n) is 10.2. The van der Waals surface area contributed by atoms with E-state index < -0.39 is 0 Å². The van der Waals surface area contributed by atoms with Gasteiger partial charge in [0.15, 0.2) is 11.6 Å². The summed E-state index contributed by atoms with van der Waals surface area (Å²) >= 11 is 1.52. The Morgan fingerprint density at radius 2 is 2.05 bits per heavy atom. The van der Waals surface area contributed by atoms with Gasteiger partial charge < -0.3 is 10.5 Å². The Balaban J connectivity index is 2.13. The van der Waals surface area contributed by atoms with Gasteiger partial charge in [-0.1, -0.05) is 0 Å². The highest BCUT2D eigenvalue weighted by Gasteiger charge is 2.10. The Morgan fingerprint density at radius 1 is 1.21 bits per heavy atom. The van der Waals surface area contributed by atoms with E-state index in [-0.39, 0.29) is 11.6 Å². The largest absolute Gasteiger partial charge is 0.494 e. The molecule has 0 bridgehead atoms. The molecule has 19 heavy (non-hydrogen) atoms. The van der Waals surface area contributed by atoms with Crippen LogP contribution in [0, 0.1) is 5.82 Å². The lowest BCUT2D eigenvalue weighted by atomic mass is 10.2. The van der Waals surface area contributed by atoms with Crippen LogP contribution in [0.4, 0.5) is 10.1 Å². The molecule has 0 saturated heterocycles. The van der Waals surface area contributed by atoms with E-state index in [4.69, 9.17) is 10.5 Å². The molecule has 0 atom stereocenters. The zero-order valence-corrected chi connectivity index (χ0v) is 11.0. The zero-order chi connectivity index (χ0) is 13.4. The van der Waals surface area contributed by atoms with Crippen molar-refractivity contribution in [2.45, 2.75) is 0 Å². The molecule has 3 aromatic rings. The quantitative estimate of drug-likeness (QED) is 0.725. The number of nitrogen functional groups attached to an aromatic ring is 1. The SMILES string of the molecule is COc1cc(-c2nc3ccc(N)cc3s2)ccc1F. The predicted molar refractivity (Wildman–Crippen MR) is 76.0 cm³/mol. The number of anilines is 1. The van der Waals surface area contributed by atoms with Crippen molar-refractivity contribution in [2.75, 3.05) is 12.8 Å². The number of ether oxygens (including phenoxy) is 1. The van der Waals surface area contributed by atoms with Crippen molar-refractivity contribution in [1.82, 2.24) is 4.98 Å². The maximum Gasteiger partial charge on any atom is 0.165 e. The van der Waals surface area contributed by atoms with Crippen LogP contribution in [0.1, 0.15) is 0 Å². The fourth-order valence-electron chi connectivity index (χ4n) is 1.86. The summed E-state index contributed by atoms with van der Waals surface area (Å²) in [6, 6.07) is 10.3. The molecule has 0 radical (unpaired) electrons. The van der Waals surface area contributed by atoms with Gasteiger partial charge in [0.05, 0.1) is 17.3 Å². The number of thiazole rings is 1. The van der Waals surface area contributed by atoms with Gasteiger partial charge in [0, 0.05) is 11.3 Å². The normalized spacial score (nSPS) is 10.8. The molecular weight excluding hydrogens is 263 g/mol. The van der Waals surface area contributed by atoms with Crippen LogP contribution in [0.15, 0.2) is 36.4 Å². The number of nitrogens with two attached hydrogens (primary N) is 1. The van der Waals surface area contributed by atoms with Crippen LogP contribution < -0.4 is 10.5 Å². The number of nitrogens with zero attached hydrogens (tertiary/aromatic N) is 1. The van der Waals surface area contributed by atoms with Crippen LogP contribution in [-0.2, 0) is 0 Å². The minimum Gasteiger partial charge on any atom is -0.494 e. The number of aromatic nitrogens is 1. The number of hydrogen-bond donors (Lipinski definition) is 1. The van der Waals surface area contributed by atoms with Crippen molar-refractivity contribution < 1.29 is 9.13 Å². The Morgan fingerprint density at radius 3 is 2.84 bits per heavy atom. The van der Waals surface area contributed by atoms with Crippen molar-refractivity contribution in [3.63, 3.8) is 0 Å². The molecule has 2 N–H and O–H groups in total. The minimum atomic E-state index is -0.378. The predicted octanol–water partition coefficient (Wildman–Crippen LogP) is 3.69. The maximum absolute atomic E-state index is 13.4. The summed E-state index contributed by atoms with van der Waals surface area (Å²) in [5, 5.41) is 0.818. The molecule has 0 fully saturated rings. The van der Waals surface area contributed by atoms with Crippen molar-refractivity contribution in [3.05, 3.63) is 42.2 Å². The molecule has 0 aliphatic carbocycles. The van der Waals surface area contributed by atoms with E-state index in [0.29, 0.717) is 5.69 Å². The van der Waals surface area contributed by atoms with Crippen molar-refractivity contribution >= 4 is 27.2 Å². The van der Waals surface area contributed by atoms with E-state index in [1.807, 2.05) is 18.2 Å². The standard InChI is InChI=1S/C14H11FN2OS/c1-18-12-6-8(2-4-10(12)15)14-17-11-5-3-9(16)7-13(11)19-14/h2-7H,16H2,1H3. The third-order valence-corrected chi connectivity index (χ3v) is 3.88. The number of fused-ring (bicyclic) bond motifs is 1. The first kappa shape index (κ1) is 11.9. The van der Waals surface area contributed by atoms with E-state index >= 15 is 0 Å². The lowest BCUT2D eigenvalue weighted by Gasteiger charge is -2.03. The number of rotatable bonds is 2. The van der Waals surface area contributed by atoms with Crippen molar-refractivity contribution in [1.29, 1.82) is 0 Å². The van der Waals surface area contributed by atoms with Crippen LogP contribution in [0.25, 0.3) is 20.8 Å². The Hall–Kier alpha value is -2.14. The van der Waals surface area contributed by atoms with Gasteiger partial charge in [0.1, 0.15) is 5.01 Å². The second-order valence-corrected chi connectivity index (χ2v) is 5.13. The molecule has 0 aliphatic rings. The van der Waals surface area contributed by atoms with Gasteiger partial charge in [-0.2, -0.15) is 0 Å². The third kappa shape index (κ3) is 2.13. The van der Waals surface area contributed by atoms with Gasteiger partial charge in [-0.25, -0.2) is 9.37 Å². The molecule has 96 valence electrons. The molecule has 2 aromatic carbocycles. The van der Waals surface area contributed by atoms with E-state index in [1.54, 1.807) is 12.1 Å². The van der Waals surface area contributed by atoms with Crippen LogP contribution in [0.2, 0.25) is 0 Å². The molecule has 1 heterocycles. The van der Waals surface area contributed by atoms with Gasteiger partial charge >= 0.3 is 0 Å². The van der Waals surface area contributed by atoms with Gasteiger partial charge in [-0.05, 0) is 36.4 Å². The first-order valence-electron chi connectivity index (χ1n) is 5.67. The number of benzene rings is 2. The topological polar surface area (TPSA) is 48.1 Å². The maximum atomic E-state index is 13.4. The van der Waals surface area contributed by atoms with Gasteiger partial charge in [-0.15, -0.1) is 11.3 Å². The average molecular weight is 274 g/mol. The molecule has 5 heteroatoms. The monoisotopic (exact) mass is 274 g/mol. The van der Waals surface area contributed by atoms with Crippen molar-refractivity contribution in [2.24, 2.45) is 0 Å². The summed E-state index contributed by atoms with van der Waals surface area (Å²) in [6.45, 7) is 0. The average Bonchev–Trinajstić information content (AvgIpc) is 2.82. The molecule has 0 aliphatic heterocycles. The van der Waals surface area contributed by atoms with E-state index in [0.717, 1.165) is 20.8 Å². The van der Waals surface area contributed by atoms with Crippen LogP contribution in [0.5, 0.6) is 5.75 Å². The Kier molecular flexibility index (Phi) is 2.83. The number of halogens is 1. The number of methoxy groups -OCH3 is 1. The fraction of sp³-hybridized carbons (Fsp3) is 0.0714. The highest BCUT2D eigenvalue weighted by Crippen LogP contribution is 2.33. The van der Waals surface area contributed by atoms with Crippen LogP contribution in [-0.4, -0.2) is 12.1 Å². The summed E-state index contributed by atoms with van der Waals surface area (Å²) in [5.41, 5.74) is 8.17. The van der Waals surface area contributed by atoms with Gasteiger partial charge in [-0.3, -0.25) is 0 Å². The highest BCUT2D eigenvalue weighted by atomic mass is 32.1. The van der Waals surface area contributed by atoms with Crippen molar-refractivity contribution in [3.8, 4) is 16.3 Å². The summed E-state index contributed by atoms with van der Waals surface area (Å²) in [4.78, 5) is 4.51. The Labute approximate surface area is 113 Å². The van der Waals surface area contributed by atoms with E-state index in [9.17, 15) is 4.39 Å². The van der Waals surface area contributed by atoms with Gasteiger partial charge in [0.25, 0.3) is 0 Å². The lowest BCUT2D eigenvalue weighted by Crippen LogP contribution is -1.88. The molecule has 0 saturated carbocycles.